The van der Waals surface area contributed by atoms with Gasteiger partial charge < -0.3 is 0 Å². The van der Waals surface area contributed by atoms with Crippen molar-refractivity contribution in [3.8, 4) is 17.3 Å². The molecule has 0 spiro atoms. The quantitative estimate of drug-likeness (QED) is 0.561. The second-order valence-electron chi connectivity index (χ2n) is 5.84. The number of nitrogens with zero attached hydrogens (tertiary/aromatic N) is 5. The van der Waals surface area contributed by atoms with Crippen molar-refractivity contribution in [1.29, 1.82) is 5.26 Å². The van der Waals surface area contributed by atoms with Gasteiger partial charge in [-0.25, -0.2) is 4.52 Å². The number of rotatable bonds is 3. The Kier molecular flexibility index (Phi) is 3.75. The van der Waals surface area contributed by atoms with Crippen LogP contribution in [0.25, 0.3) is 16.8 Å². The maximum Gasteiger partial charge on any atom is 0.162 e. The van der Waals surface area contributed by atoms with Gasteiger partial charge in [0.1, 0.15) is 6.07 Å². The number of fused-ring (bicyclic) bond motifs is 1. The fraction of sp³-hybridized carbons (Fsp3) is 0.105. The highest BCUT2D eigenvalue weighted by Crippen LogP contribution is 2.23. The molecule has 3 aromatic heterocycles. The molecule has 4 aromatic rings. The third-order valence-electron chi connectivity index (χ3n) is 4.08. The summed E-state index contributed by atoms with van der Waals surface area (Å²) in [6, 6.07) is 19.6. The van der Waals surface area contributed by atoms with Crippen LogP contribution in [-0.2, 0) is 6.54 Å². The molecule has 0 bridgehead atoms. The van der Waals surface area contributed by atoms with Gasteiger partial charge in [0, 0.05) is 16.3 Å². The molecule has 25 heavy (non-hydrogen) atoms. The Morgan fingerprint density at radius 3 is 2.60 bits per heavy atom. The zero-order chi connectivity index (χ0) is 17.4. The maximum atomic E-state index is 9.02. The summed E-state index contributed by atoms with van der Waals surface area (Å²) in [6.45, 7) is 2.41. The molecule has 0 radical (unpaired) electrons. The Labute approximate surface area is 149 Å². The van der Waals surface area contributed by atoms with Crippen LogP contribution in [0.3, 0.4) is 0 Å². The summed E-state index contributed by atoms with van der Waals surface area (Å²) < 4.78 is 3.66. The third-order valence-corrected chi connectivity index (χ3v) is 4.29. The number of nitriles is 1. The lowest BCUT2D eigenvalue weighted by molar-refractivity contribution is 0.635. The van der Waals surface area contributed by atoms with Crippen molar-refractivity contribution in [2.75, 3.05) is 0 Å². The second kappa shape index (κ2) is 6.08. The van der Waals surface area contributed by atoms with E-state index in [0.717, 1.165) is 28.2 Å². The zero-order valence-corrected chi connectivity index (χ0v) is 14.3. The molecule has 0 aliphatic heterocycles. The lowest BCUT2D eigenvalue weighted by Crippen LogP contribution is -2.09. The van der Waals surface area contributed by atoms with Crippen LogP contribution in [0.15, 0.2) is 54.6 Å². The summed E-state index contributed by atoms with van der Waals surface area (Å²) in [5, 5.41) is 18.7. The minimum atomic E-state index is 0.404. The van der Waals surface area contributed by atoms with E-state index in [0.29, 0.717) is 17.3 Å². The van der Waals surface area contributed by atoms with E-state index in [1.54, 1.807) is 10.7 Å². The number of benzene rings is 1. The molecular formula is C19H14ClN5. The standard InChI is InChI=1S/C19H14ClN5/c1-13-7-16(11-21)22-24(13)12-18-9-15(20)8-17-10-19(23-25(17)18)14-5-3-2-4-6-14/h2-10H,12H2,1H3. The molecule has 4 rings (SSSR count). The second-order valence-corrected chi connectivity index (χ2v) is 6.27. The van der Waals surface area contributed by atoms with Gasteiger partial charge in [-0.05, 0) is 31.2 Å². The van der Waals surface area contributed by atoms with E-state index in [1.807, 2.05) is 60.0 Å². The molecule has 0 saturated heterocycles. The average molecular weight is 348 g/mol. The molecule has 122 valence electrons. The molecule has 0 amide bonds. The van der Waals surface area contributed by atoms with E-state index in [1.165, 1.54) is 0 Å². The predicted molar refractivity (Wildman–Crippen MR) is 96.4 cm³/mol. The first-order valence-corrected chi connectivity index (χ1v) is 8.20. The van der Waals surface area contributed by atoms with Gasteiger partial charge in [0.05, 0.1) is 23.4 Å². The lowest BCUT2D eigenvalue weighted by Gasteiger charge is -2.08. The molecular weight excluding hydrogens is 334 g/mol. The van der Waals surface area contributed by atoms with Crippen molar-refractivity contribution >= 4 is 17.1 Å². The number of hydrogen-bond donors (Lipinski definition) is 0. The summed E-state index contributed by atoms with van der Waals surface area (Å²) >= 11 is 6.29. The van der Waals surface area contributed by atoms with Crippen molar-refractivity contribution < 1.29 is 0 Å². The number of aromatic nitrogens is 4. The first kappa shape index (κ1) is 15.4. The van der Waals surface area contributed by atoms with Gasteiger partial charge in [-0.1, -0.05) is 41.9 Å². The molecule has 0 atom stereocenters. The average Bonchev–Trinajstić information content (AvgIpc) is 3.19. The first-order chi connectivity index (χ1) is 12.1. The Balaban J connectivity index is 1.82. The van der Waals surface area contributed by atoms with E-state index in [4.69, 9.17) is 22.0 Å². The van der Waals surface area contributed by atoms with Crippen LogP contribution in [0.1, 0.15) is 17.1 Å². The summed E-state index contributed by atoms with van der Waals surface area (Å²) in [5.41, 5.74) is 5.09. The number of halogens is 1. The fourth-order valence-electron chi connectivity index (χ4n) is 2.87. The van der Waals surface area contributed by atoms with Crippen LogP contribution in [0.2, 0.25) is 5.02 Å². The molecule has 0 aliphatic rings. The highest BCUT2D eigenvalue weighted by atomic mass is 35.5. The maximum absolute atomic E-state index is 9.02. The number of pyridine rings is 1. The Hall–Kier alpha value is -3.10. The van der Waals surface area contributed by atoms with Crippen molar-refractivity contribution in [2.24, 2.45) is 0 Å². The highest BCUT2D eigenvalue weighted by molar-refractivity contribution is 6.31. The van der Waals surface area contributed by atoms with Gasteiger partial charge in [0.15, 0.2) is 5.69 Å². The minimum Gasteiger partial charge on any atom is -0.263 e. The molecule has 0 fully saturated rings. The lowest BCUT2D eigenvalue weighted by atomic mass is 10.1. The minimum absolute atomic E-state index is 0.404. The first-order valence-electron chi connectivity index (χ1n) is 7.82. The van der Waals surface area contributed by atoms with Crippen molar-refractivity contribution in [1.82, 2.24) is 19.4 Å². The third kappa shape index (κ3) is 2.88. The molecule has 0 unspecified atom stereocenters. The summed E-state index contributed by atoms with van der Waals surface area (Å²) in [7, 11) is 0. The van der Waals surface area contributed by atoms with Gasteiger partial charge >= 0.3 is 0 Å². The van der Waals surface area contributed by atoms with Crippen LogP contribution < -0.4 is 0 Å². The molecule has 0 saturated carbocycles. The van der Waals surface area contributed by atoms with Crippen LogP contribution in [0.4, 0.5) is 0 Å². The fourth-order valence-corrected chi connectivity index (χ4v) is 3.11. The molecule has 3 heterocycles. The van der Waals surface area contributed by atoms with Crippen molar-refractivity contribution in [3.63, 3.8) is 0 Å². The Morgan fingerprint density at radius 1 is 1.08 bits per heavy atom. The highest BCUT2D eigenvalue weighted by Gasteiger charge is 2.11. The van der Waals surface area contributed by atoms with Gasteiger partial charge in [-0.3, -0.25) is 4.68 Å². The molecule has 6 heteroatoms. The van der Waals surface area contributed by atoms with Crippen LogP contribution >= 0.6 is 11.6 Å². The molecule has 0 N–H and O–H groups in total. The van der Waals surface area contributed by atoms with Crippen molar-refractivity contribution in [3.05, 3.63) is 76.7 Å². The zero-order valence-electron chi connectivity index (χ0n) is 13.5. The van der Waals surface area contributed by atoms with Gasteiger partial charge in [0.25, 0.3) is 0 Å². The van der Waals surface area contributed by atoms with E-state index < -0.39 is 0 Å². The smallest absolute Gasteiger partial charge is 0.162 e. The number of aryl methyl sites for hydroxylation is 1. The summed E-state index contributed by atoms with van der Waals surface area (Å²) in [5.74, 6) is 0. The molecule has 0 aliphatic carbocycles. The van der Waals surface area contributed by atoms with E-state index in [2.05, 4.69) is 11.2 Å². The van der Waals surface area contributed by atoms with Gasteiger partial charge in [-0.15, -0.1) is 0 Å². The molecule has 5 nitrogen and oxygen atoms in total. The van der Waals surface area contributed by atoms with E-state index >= 15 is 0 Å². The van der Waals surface area contributed by atoms with E-state index in [9.17, 15) is 0 Å². The number of hydrogen-bond acceptors (Lipinski definition) is 3. The molecule has 1 aromatic carbocycles. The normalized spacial score (nSPS) is 10.9. The monoisotopic (exact) mass is 347 g/mol. The topological polar surface area (TPSA) is 58.9 Å². The van der Waals surface area contributed by atoms with Crippen LogP contribution in [0, 0.1) is 18.3 Å². The summed E-state index contributed by atoms with van der Waals surface area (Å²) in [4.78, 5) is 0. The van der Waals surface area contributed by atoms with Crippen LogP contribution in [0.5, 0.6) is 0 Å². The van der Waals surface area contributed by atoms with Crippen molar-refractivity contribution in [2.45, 2.75) is 13.5 Å². The van der Waals surface area contributed by atoms with E-state index in [-0.39, 0.29) is 0 Å². The Bertz CT molecular complexity index is 1100. The predicted octanol–water partition coefficient (Wildman–Crippen LogP) is 4.08. The van der Waals surface area contributed by atoms with Gasteiger partial charge in [0.2, 0.25) is 0 Å². The Morgan fingerprint density at radius 2 is 1.88 bits per heavy atom. The largest absolute Gasteiger partial charge is 0.263 e. The van der Waals surface area contributed by atoms with Gasteiger partial charge in [-0.2, -0.15) is 15.5 Å². The van der Waals surface area contributed by atoms with Crippen LogP contribution in [-0.4, -0.2) is 19.4 Å². The SMILES string of the molecule is Cc1cc(C#N)nn1Cc1cc(Cl)cc2cc(-c3ccccc3)nn12. The summed E-state index contributed by atoms with van der Waals surface area (Å²) in [6.07, 6.45) is 0.